The normalized spacial score (nSPS) is 10.0. The lowest BCUT2D eigenvalue weighted by molar-refractivity contribution is 0.0830. The van der Waals surface area contributed by atoms with Crippen LogP contribution >= 0.6 is 11.3 Å². The van der Waals surface area contributed by atoms with Crippen molar-refractivity contribution in [1.82, 2.24) is 15.0 Å². The lowest BCUT2D eigenvalue weighted by atomic mass is 10.4. The third-order valence-electron chi connectivity index (χ3n) is 2.11. The SMILES string of the molecule is Cc1ccc(C(=O)N(C)Nc2cncnc2)s1. The zero-order valence-electron chi connectivity index (χ0n) is 9.54. The van der Waals surface area contributed by atoms with E-state index in [1.54, 1.807) is 19.4 Å². The predicted molar refractivity (Wildman–Crippen MR) is 66.8 cm³/mol. The van der Waals surface area contributed by atoms with Gasteiger partial charge in [0.1, 0.15) is 6.33 Å². The van der Waals surface area contributed by atoms with Crippen LogP contribution in [0.4, 0.5) is 5.69 Å². The summed E-state index contributed by atoms with van der Waals surface area (Å²) in [4.78, 5) is 21.5. The van der Waals surface area contributed by atoms with Crippen molar-refractivity contribution in [2.45, 2.75) is 6.92 Å². The third kappa shape index (κ3) is 2.79. The summed E-state index contributed by atoms with van der Waals surface area (Å²) < 4.78 is 0. The Balaban J connectivity index is 2.06. The highest BCUT2D eigenvalue weighted by molar-refractivity contribution is 7.13. The van der Waals surface area contributed by atoms with E-state index in [0.29, 0.717) is 10.6 Å². The average molecular weight is 248 g/mol. The number of aryl methyl sites for hydroxylation is 1. The van der Waals surface area contributed by atoms with Crippen molar-refractivity contribution in [3.8, 4) is 0 Å². The number of anilines is 1. The summed E-state index contributed by atoms with van der Waals surface area (Å²) in [6, 6.07) is 3.75. The molecule has 0 fully saturated rings. The van der Waals surface area contributed by atoms with E-state index in [1.165, 1.54) is 22.7 Å². The van der Waals surface area contributed by atoms with E-state index >= 15 is 0 Å². The molecular weight excluding hydrogens is 236 g/mol. The van der Waals surface area contributed by atoms with Gasteiger partial charge in [0.15, 0.2) is 0 Å². The van der Waals surface area contributed by atoms with Crippen molar-refractivity contribution in [2.75, 3.05) is 12.5 Å². The average Bonchev–Trinajstić information content (AvgIpc) is 2.76. The number of hydrogen-bond acceptors (Lipinski definition) is 5. The van der Waals surface area contributed by atoms with Crippen LogP contribution in [0, 0.1) is 6.92 Å². The van der Waals surface area contributed by atoms with Gasteiger partial charge in [-0.15, -0.1) is 11.3 Å². The molecule has 1 N–H and O–H groups in total. The maximum absolute atomic E-state index is 12.0. The summed E-state index contributed by atoms with van der Waals surface area (Å²) in [5.41, 5.74) is 3.59. The van der Waals surface area contributed by atoms with Crippen LogP contribution in [0.15, 0.2) is 30.9 Å². The highest BCUT2D eigenvalue weighted by Crippen LogP contribution is 2.17. The number of thiophene rings is 1. The molecular formula is C11H12N4OS. The van der Waals surface area contributed by atoms with Crippen LogP contribution in [0.5, 0.6) is 0 Å². The van der Waals surface area contributed by atoms with Crippen molar-refractivity contribution in [3.05, 3.63) is 40.6 Å². The van der Waals surface area contributed by atoms with Crippen LogP contribution < -0.4 is 5.43 Å². The molecule has 0 radical (unpaired) electrons. The predicted octanol–water partition coefficient (Wildman–Crippen LogP) is 1.95. The first kappa shape index (κ1) is 11.5. The second kappa shape index (κ2) is 4.92. The summed E-state index contributed by atoms with van der Waals surface area (Å²) >= 11 is 1.47. The van der Waals surface area contributed by atoms with Crippen molar-refractivity contribution >= 4 is 22.9 Å². The highest BCUT2D eigenvalue weighted by Gasteiger charge is 2.13. The lowest BCUT2D eigenvalue weighted by Crippen LogP contribution is -2.31. The molecule has 1 amide bonds. The highest BCUT2D eigenvalue weighted by atomic mass is 32.1. The standard InChI is InChI=1S/C11H12N4OS/c1-8-3-4-10(17-8)11(16)15(2)14-9-5-12-7-13-6-9/h3-7,14H,1-2H3. The second-order valence-electron chi connectivity index (χ2n) is 3.51. The number of rotatable bonds is 3. The number of carbonyl (C=O) groups is 1. The summed E-state index contributed by atoms with van der Waals surface area (Å²) in [5.74, 6) is -0.0769. The lowest BCUT2D eigenvalue weighted by Gasteiger charge is -2.17. The number of carbonyl (C=O) groups excluding carboxylic acids is 1. The zero-order valence-corrected chi connectivity index (χ0v) is 10.4. The number of hydrogen-bond donors (Lipinski definition) is 1. The molecule has 5 nitrogen and oxygen atoms in total. The second-order valence-corrected chi connectivity index (χ2v) is 4.80. The monoisotopic (exact) mass is 248 g/mol. The van der Waals surface area contributed by atoms with Gasteiger partial charge in [0, 0.05) is 11.9 Å². The molecule has 0 aliphatic rings. The molecule has 0 bridgehead atoms. The molecule has 2 rings (SSSR count). The number of nitrogens with zero attached hydrogens (tertiary/aromatic N) is 3. The van der Waals surface area contributed by atoms with E-state index < -0.39 is 0 Å². The van der Waals surface area contributed by atoms with Crippen LogP contribution in [0.3, 0.4) is 0 Å². The van der Waals surface area contributed by atoms with Gasteiger partial charge in [-0.25, -0.2) is 9.97 Å². The number of hydrazine groups is 1. The van der Waals surface area contributed by atoms with E-state index in [-0.39, 0.29) is 5.91 Å². The first-order valence-corrected chi connectivity index (χ1v) is 5.84. The minimum absolute atomic E-state index is 0.0769. The maximum Gasteiger partial charge on any atom is 0.281 e. The molecule has 0 atom stereocenters. The van der Waals surface area contributed by atoms with Crippen molar-refractivity contribution in [1.29, 1.82) is 0 Å². The third-order valence-corrected chi connectivity index (χ3v) is 3.10. The molecule has 88 valence electrons. The minimum atomic E-state index is -0.0769. The molecule has 2 heterocycles. The molecule has 17 heavy (non-hydrogen) atoms. The summed E-state index contributed by atoms with van der Waals surface area (Å²) in [7, 11) is 1.67. The molecule has 6 heteroatoms. The Morgan fingerprint density at radius 1 is 1.35 bits per heavy atom. The molecule has 0 saturated heterocycles. The summed E-state index contributed by atoms with van der Waals surface area (Å²) in [6.07, 6.45) is 4.66. The van der Waals surface area contributed by atoms with Gasteiger partial charge in [0.25, 0.3) is 5.91 Å². The topological polar surface area (TPSA) is 58.1 Å². The van der Waals surface area contributed by atoms with Crippen molar-refractivity contribution in [2.24, 2.45) is 0 Å². The van der Waals surface area contributed by atoms with Crippen molar-refractivity contribution in [3.63, 3.8) is 0 Å². The quantitative estimate of drug-likeness (QED) is 0.843. The molecule has 2 aromatic heterocycles. The van der Waals surface area contributed by atoms with Gasteiger partial charge in [-0.1, -0.05) is 0 Å². The van der Waals surface area contributed by atoms with E-state index in [4.69, 9.17) is 0 Å². The Hall–Kier alpha value is -1.95. The van der Waals surface area contributed by atoms with E-state index in [2.05, 4.69) is 15.4 Å². The fraction of sp³-hybridized carbons (Fsp3) is 0.182. The van der Waals surface area contributed by atoms with Gasteiger partial charge in [0.05, 0.1) is 23.0 Å². The number of amides is 1. The van der Waals surface area contributed by atoms with Gasteiger partial charge in [-0.2, -0.15) is 0 Å². The number of aromatic nitrogens is 2. The van der Waals surface area contributed by atoms with Gasteiger partial charge in [-0.05, 0) is 19.1 Å². The Morgan fingerprint density at radius 2 is 2.06 bits per heavy atom. The van der Waals surface area contributed by atoms with E-state index in [9.17, 15) is 4.79 Å². The van der Waals surface area contributed by atoms with Crippen molar-refractivity contribution < 1.29 is 4.79 Å². The van der Waals surface area contributed by atoms with Gasteiger partial charge in [-0.3, -0.25) is 15.2 Å². The summed E-state index contributed by atoms with van der Waals surface area (Å²) in [6.45, 7) is 1.97. The molecule has 0 unspecified atom stereocenters. The molecule has 0 aliphatic heterocycles. The van der Waals surface area contributed by atoms with Crippen LogP contribution in [0.1, 0.15) is 14.5 Å². The van der Waals surface area contributed by atoms with Gasteiger partial charge in [0.2, 0.25) is 0 Å². The molecule has 0 aliphatic carbocycles. The Kier molecular flexibility index (Phi) is 3.34. The smallest absolute Gasteiger partial charge is 0.281 e. The van der Waals surface area contributed by atoms with E-state index in [1.807, 2.05) is 19.1 Å². The Labute approximate surface area is 103 Å². The van der Waals surface area contributed by atoms with E-state index in [0.717, 1.165) is 4.88 Å². The van der Waals surface area contributed by atoms with Crippen LogP contribution in [-0.4, -0.2) is 27.9 Å². The van der Waals surface area contributed by atoms with Gasteiger partial charge >= 0.3 is 0 Å². The van der Waals surface area contributed by atoms with Crippen LogP contribution in [0.25, 0.3) is 0 Å². The minimum Gasteiger partial charge on any atom is -0.293 e. The Bertz CT molecular complexity index is 511. The fourth-order valence-corrected chi connectivity index (χ4v) is 2.16. The van der Waals surface area contributed by atoms with Crippen LogP contribution in [0.2, 0.25) is 0 Å². The zero-order chi connectivity index (χ0) is 12.3. The van der Waals surface area contributed by atoms with Gasteiger partial charge < -0.3 is 0 Å². The molecule has 0 saturated carbocycles. The Morgan fingerprint density at radius 3 is 2.65 bits per heavy atom. The molecule has 0 spiro atoms. The first-order valence-electron chi connectivity index (χ1n) is 5.03. The largest absolute Gasteiger partial charge is 0.293 e. The fourth-order valence-electron chi connectivity index (χ4n) is 1.32. The molecule has 0 aromatic carbocycles. The summed E-state index contributed by atoms with van der Waals surface area (Å²) in [5, 5.41) is 1.42. The molecule has 2 aromatic rings. The van der Waals surface area contributed by atoms with Crippen LogP contribution in [-0.2, 0) is 0 Å². The maximum atomic E-state index is 12.0. The number of nitrogens with one attached hydrogen (secondary N) is 1. The first-order chi connectivity index (χ1) is 8.16.